The van der Waals surface area contributed by atoms with Crippen LogP contribution < -0.4 is 5.73 Å². The van der Waals surface area contributed by atoms with Crippen LogP contribution in [0.5, 0.6) is 0 Å². The molecule has 0 radical (unpaired) electrons. The van der Waals surface area contributed by atoms with Crippen molar-refractivity contribution < 1.29 is 0 Å². The molecular weight excluding hydrogens is 268 g/mol. The first kappa shape index (κ1) is 10.1. The van der Waals surface area contributed by atoms with Crippen molar-refractivity contribution in [2.24, 2.45) is 0 Å². The normalized spacial score (nSPS) is 17.3. The molecule has 0 aromatic carbocycles. The van der Waals surface area contributed by atoms with Crippen LogP contribution in [0.3, 0.4) is 0 Å². The Morgan fingerprint density at radius 2 is 2.12 bits per heavy atom. The summed E-state index contributed by atoms with van der Waals surface area (Å²) in [5.41, 5.74) is 6.92. The van der Waals surface area contributed by atoms with Gasteiger partial charge in [-0.25, -0.2) is 0 Å². The van der Waals surface area contributed by atoms with Crippen LogP contribution in [0.2, 0.25) is 0 Å². The monoisotopic (exact) mass is 280 g/mol. The number of anilines is 1. The molecule has 84 valence electrons. The molecule has 2 aromatic rings. The van der Waals surface area contributed by atoms with Gasteiger partial charge in [-0.15, -0.1) is 5.10 Å². The Labute approximate surface area is 102 Å². The van der Waals surface area contributed by atoms with Crippen LogP contribution >= 0.6 is 15.9 Å². The molecule has 16 heavy (non-hydrogen) atoms. The van der Waals surface area contributed by atoms with Crippen LogP contribution in [-0.4, -0.2) is 14.8 Å². The lowest BCUT2D eigenvalue weighted by molar-refractivity contribution is 0.527. The molecule has 0 unspecified atom stereocenters. The Balaban J connectivity index is 2.22. The molecule has 0 aliphatic heterocycles. The highest BCUT2D eigenvalue weighted by atomic mass is 79.9. The Morgan fingerprint density at radius 1 is 1.38 bits per heavy atom. The van der Waals surface area contributed by atoms with Crippen molar-refractivity contribution in [1.82, 2.24) is 14.8 Å². The van der Waals surface area contributed by atoms with Gasteiger partial charge in [0.05, 0.1) is 16.3 Å². The van der Waals surface area contributed by atoms with Gasteiger partial charge in [-0.1, -0.05) is 12.8 Å². The minimum atomic E-state index is 0.509. The zero-order valence-electron chi connectivity index (χ0n) is 8.86. The van der Waals surface area contributed by atoms with E-state index in [-0.39, 0.29) is 0 Å². The third-order valence-electron chi connectivity index (χ3n) is 3.34. The van der Waals surface area contributed by atoms with E-state index in [0.717, 1.165) is 15.5 Å². The maximum atomic E-state index is 5.83. The smallest absolute Gasteiger partial charge is 0.155 e. The van der Waals surface area contributed by atoms with E-state index in [1.165, 1.54) is 25.7 Å². The van der Waals surface area contributed by atoms with Crippen LogP contribution in [0.4, 0.5) is 5.82 Å². The van der Waals surface area contributed by atoms with E-state index in [9.17, 15) is 0 Å². The third kappa shape index (κ3) is 1.42. The summed E-state index contributed by atoms with van der Waals surface area (Å²) >= 11 is 3.61. The van der Waals surface area contributed by atoms with E-state index in [0.29, 0.717) is 11.9 Å². The number of nitrogens with two attached hydrogens (primary N) is 1. The highest BCUT2D eigenvalue weighted by Gasteiger charge is 2.21. The van der Waals surface area contributed by atoms with E-state index in [2.05, 4.69) is 30.7 Å². The van der Waals surface area contributed by atoms with E-state index in [1.54, 1.807) is 6.20 Å². The van der Waals surface area contributed by atoms with E-state index in [4.69, 9.17) is 5.73 Å². The van der Waals surface area contributed by atoms with Gasteiger partial charge >= 0.3 is 0 Å². The number of fused-ring (bicyclic) bond motifs is 1. The minimum Gasteiger partial charge on any atom is -0.382 e. The number of aromatic nitrogens is 3. The molecule has 1 aliphatic carbocycles. The van der Waals surface area contributed by atoms with Crippen molar-refractivity contribution in [2.75, 3.05) is 5.73 Å². The molecule has 0 spiro atoms. The molecule has 0 bridgehead atoms. The SMILES string of the molecule is Nc1nncc2c1cc(Br)n2C1CCCC1. The zero-order chi connectivity index (χ0) is 11.1. The van der Waals surface area contributed by atoms with Gasteiger partial charge in [0.25, 0.3) is 0 Å². The van der Waals surface area contributed by atoms with E-state index in [1.807, 2.05) is 6.07 Å². The van der Waals surface area contributed by atoms with Gasteiger partial charge in [0.15, 0.2) is 5.82 Å². The first-order valence-electron chi connectivity index (χ1n) is 5.55. The molecule has 3 rings (SSSR count). The number of nitrogen functional groups attached to an aromatic ring is 1. The number of hydrogen-bond acceptors (Lipinski definition) is 3. The summed E-state index contributed by atoms with van der Waals surface area (Å²) in [6.07, 6.45) is 6.90. The predicted octanol–water partition coefficient (Wildman–Crippen LogP) is 2.89. The van der Waals surface area contributed by atoms with Crippen molar-refractivity contribution in [1.29, 1.82) is 0 Å². The van der Waals surface area contributed by atoms with Crippen LogP contribution in [0.25, 0.3) is 10.9 Å². The summed E-state index contributed by atoms with van der Waals surface area (Å²) in [4.78, 5) is 0. The molecule has 2 N–H and O–H groups in total. The number of hydrogen-bond donors (Lipinski definition) is 1. The molecule has 2 heterocycles. The maximum absolute atomic E-state index is 5.83. The summed E-state index contributed by atoms with van der Waals surface area (Å²) in [7, 11) is 0. The van der Waals surface area contributed by atoms with Gasteiger partial charge < -0.3 is 10.3 Å². The van der Waals surface area contributed by atoms with Crippen molar-refractivity contribution in [3.05, 3.63) is 16.9 Å². The molecule has 0 saturated heterocycles. The highest BCUT2D eigenvalue weighted by Crippen LogP contribution is 2.37. The summed E-state index contributed by atoms with van der Waals surface area (Å²) in [5, 5.41) is 8.82. The van der Waals surface area contributed by atoms with Gasteiger partial charge in [-0.05, 0) is 34.8 Å². The number of halogens is 1. The maximum Gasteiger partial charge on any atom is 0.155 e. The van der Waals surface area contributed by atoms with Gasteiger partial charge in [-0.3, -0.25) is 0 Å². The topological polar surface area (TPSA) is 56.7 Å². The fourth-order valence-corrected chi connectivity index (χ4v) is 3.29. The first-order valence-corrected chi connectivity index (χ1v) is 6.34. The Hall–Kier alpha value is -1.10. The average Bonchev–Trinajstić information content (AvgIpc) is 2.85. The first-order chi connectivity index (χ1) is 7.77. The van der Waals surface area contributed by atoms with Gasteiger partial charge in [0, 0.05) is 11.4 Å². The average molecular weight is 281 g/mol. The molecule has 4 nitrogen and oxygen atoms in total. The van der Waals surface area contributed by atoms with E-state index < -0.39 is 0 Å². The lowest BCUT2D eigenvalue weighted by Crippen LogP contribution is -2.05. The second-order valence-electron chi connectivity index (χ2n) is 4.30. The molecular formula is C11H13BrN4. The summed E-state index contributed by atoms with van der Waals surface area (Å²) in [6, 6.07) is 2.62. The quantitative estimate of drug-likeness (QED) is 0.874. The van der Waals surface area contributed by atoms with E-state index >= 15 is 0 Å². The van der Waals surface area contributed by atoms with Crippen LogP contribution in [0.1, 0.15) is 31.7 Å². The number of rotatable bonds is 1. The van der Waals surface area contributed by atoms with Crippen molar-refractivity contribution in [3.8, 4) is 0 Å². The highest BCUT2D eigenvalue weighted by molar-refractivity contribution is 9.10. The fraction of sp³-hybridized carbons (Fsp3) is 0.455. The van der Waals surface area contributed by atoms with Crippen molar-refractivity contribution >= 4 is 32.7 Å². The predicted molar refractivity (Wildman–Crippen MR) is 67.1 cm³/mol. The van der Waals surface area contributed by atoms with Crippen LogP contribution in [-0.2, 0) is 0 Å². The van der Waals surface area contributed by atoms with Gasteiger partial charge in [-0.2, -0.15) is 5.10 Å². The number of nitrogens with zero attached hydrogens (tertiary/aromatic N) is 3. The van der Waals surface area contributed by atoms with Crippen LogP contribution in [0.15, 0.2) is 16.9 Å². The summed E-state index contributed by atoms with van der Waals surface area (Å²) in [5.74, 6) is 0.509. The van der Waals surface area contributed by atoms with Crippen molar-refractivity contribution in [3.63, 3.8) is 0 Å². The lowest BCUT2D eigenvalue weighted by Gasteiger charge is -2.14. The Morgan fingerprint density at radius 3 is 2.88 bits per heavy atom. The minimum absolute atomic E-state index is 0.509. The largest absolute Gasteiger partial charge is 0.382 e. The molecule has 5 heteroatoms. The standard InChI is InChI=1S/C11H13BrN4/c12-10-5-8-9(6-14-15-11(8)13)16(10)7-3-1-2-4-7/h5-7H,1-4H2,(H2,13,15). The fourth-order valence-electron chi connectivity index (χ4n) is 2.58. The molecule has 0 atom stereocenters. The summed E-state index contributed by atoms with van der Waals surface area (Å²) in [6.45, 7) is 0. The summed E-state index contributed by atoms with van der Waals surface area (Å²) < 4.78 is 3.38. The molecule has 2 aromatic heterocycles. The Kier molecular flexibility index (Phi) is 2.35. The van der Waals surface area contributed by atoms with Crippen molar-refractivity contribution in [2.45, 2.75) is 31.7 Å². The molecule has 1 fully saturated rings. The molecule has 1 saturated carbocycles. The Bertz CT molecular complexity index is 528. The molecule has 0 amide bonds. The third-order valence-corrected chi connectivity index (χ3v) is 3.95. The second-order valence-corrected chi connectivity index (χ2v) is 5.12. The van der Waals surface area contributed by atoms with Gasteiger partial charge in [0.1, 0.15) is 0 Å². The zero-order valence-corrected chi connectivity index (χ0v) is 10.4. The lowest BCUT2D eigenvalue weighted by atomic mass is 10.2. The van der Waals surface area contributed by atoms with Crippen LogP contribution in [0, 0.1) is 0 Å². The van der Waals surface area contributed by atoms with Gasteiger partial charge in [0.2, 0.25) is 0 Å². The molecule has 1 aliphatic rings. The second kappa shape index (κ2) is 3.73.